The third-order valence-electron chi connectivity index (χ3n) is 2.15. The third-order valence-corrected chi connectivity index (χ3v) is 2.36. The maximum Gasteiger partial charge on any atom is 0.390 e. The van der Waals surface area contributed by atoms with E-state index >= 15 is 0 Å². The van der Waals surface area contributed by atoms with E-state index in [4.69, 9.17) is 17.3 Å². The number of nitrogens with two attached hydrogens (primary N) is 1. The van der Waals surface area contributed by atoms with Crippen LogP contribution >= 0.6 is 11.6 Å². The number of benzene rings is 1. The molecule has 0 aliphatic rings. The van der Waals surface area contributed by atoms with E-state index in [1.807, 2.05) is 0 Å². The van der Waals surface area contributed by atoms with Gasteiger partial charge in [0.15, 0.2) is 0 Å². The normalized spacial score (nSPS) is 13.9. The molecule has 0 saturated heterocycles. The number of alkyl halides is 3. The van der Waals surface area contributed by atoms with Crippen molar-refractivity contribution >= 4 is 11.6 Å². The van der Waals surface area contributed by atoms with E-state index in [1.54, 1.807) is 6.92 Å². The van der Waals surface area contributed by atoms with Crippen LogP contribution in [-0.2, 0) is 0 Å². The van der Waals surface area contributed by atoms with Crippen LogP contribution in [0.5, 0.6) is 5.75 Å². The highest BCUT2D eigenvalue weighted by molar-refractivity contribution is 6.30. The summed E-state index contributed by atoms with van der Waals surface area (Å²) < 4.78 is 36.4. The SMILES string of the molecule is Cc1cc(Cl)cc([C@@H](N)CC(F)(F)F)c1O. The molecule has 0 heterocycles. The van der Waals surface area contributed by atoms with Crippen LogP contribution < -0.4 is 5.73 Å². The molecule has 0 aliphatic carbocycles. The molecule has 90 valence electrons. The standard InChI is InChI=1S/C10H11ClF3NO/c1-5-2-6(11)3-7(9(5)16)8(15)4-10(12,13)14/h2-3,8,16H,4,15H2,1H3/t8-/m0/s1. The van der Waals surface area contributed by atoms with Crippen LogP contribution in [0.15, 0.2) is 12.1 Å². The summed E-state index contributed by atoms with van der Waals surface area (Å²) in [5.41, 5.74) is 5.80. The largest absolute Gasteiger partial charge is 0.507 e. The van der Waals surface area contributed by atoms with Gasteiger partial charge in [0.05, 0.1) is 6.42 Å². The van der Waals surface area contributed by atoms with Crippen LogP contribution in [0.25, 0.3) is 0 Å². The lowest BCUT2D eigenvalue weighted by atomic mass is 10.0. The summed E-state index contributed by atoms with van der Waals surface area (Å²) in [6.07, 6.45) is -5.57. The molecule has 0 spiro atoms. The van der Waals surface area contributed by atoms with Gasteiger partial charge in [-0.2, -0.15) is 13.2 Å². The maximum atomic E-state index is 12.1. The van der Waals surface area contributed by atoms with Gasteiger partial charge in [-0.25, -0.2) is 0 Å². The van der Waals surface area contributed by atoms with Gasteiger partial charge in [-0.05, 0) is 24.6 Å². The van der Waals surface area contributed by atoms with Gasteiger partial charge in [-0.15, -0.1) is 0 Å². The van der Waals surface area contributed by atoms with Gasteiger partial charge in [0.1, 0.15) is 5.75 Å². The predicted molar refractivity (Wildman–Crippen MR) is 55.5 cm³/mol. The summed E-state index contributed by atoms with van der Waals surface area (Å²) in [5, 5.41) is 9.84. The van der Waals surface area contributed by atoms with E-state index < -0.39 is 18.6 Å². The topological polar surface area (TPSA) is 46.2 Å². The number of hydrogen-bond donors (Lipinski definition) is 2. The molecule has 0 amide bonds. The molecule has 3 N–H and O–H groups in total. The number of rotatable bonds is 2. The Morgan fingerprint density at radius 2 is 2.00 bits per heavy atom. The Bertz CT molecular complexity index is 392. The van der Waals surface area contributed by atoms with Crippen LogP contribution in [0, 0.1) is 6.92 Å². The molecule has 1 aromatic rings. The first-order valence-corrected chi connectivity index (χ1v) is 4.90. The highest BCUT2D eigenvalue weighted by Crippen LogP contribution is 2.35. The smallest absolute Gasteiger partial charge is 0.390 e. The van der Waals surface area contributed by atoms with Crippen molar-refractivity contribution in [3.05, 3.63) is 28.3 Å². The van der Waals surface area contributed by atoms with Crippen molar-refractivity contribution in [2.45, 2.75) is 25.6 Å². The van der Waals surface area contributed by atoms with Gasteiger partial charge in [-0.3, -0.25) is 0 Å². The number of phenolic OH excluding ortho intramolecular Hbond substituents is 1. The van der Waals surface area contributed by atoms with E-state index in [0.717, 1.165) is 0 Å². The molecular weight excluding hydrogens is 243 g/mol. The maximum absolute atomic E-state index is 12.1. The summed E-state index contributed by atoms with van der Waals surface area (Å²) in [6.45, 7) is 1.55. The summed E-state index contributed by atoms with van der Waals surface area (Å²) in [7, 11) is 0. The Balaban J connectivity index is 3.04. The van der Waals surface area contributed by atoms with Crippen LogP contribution in [0.1, 0.15) is 23.6 Å². The summed E-state index contributed by atoms with van der Waals surface area (Å²) >= 11 is 5.69. The van der Waals surface area contributed by atoms with Gasteiger partial charge in [0.2, 0.25) is 0 Å². The number of aromatic hydroxyl groups is 1. The van der Waals surface area contributed by atoms with E-state index in [2.05, 4.69) is 0 Å². The van der Waals surface area contributed by atoms with Crippen molar-refractivity contribution in [3.8, 4) is 5.75 Å². The van der Waals surface area contributed by atoms with Crippen molar-refractivity contribution in [2.24, 2.45) is 5.73 Å². The van der Waals surface area contributed by atoms with Gasteiger partial charge in [0.25, 0.3) is 0 Å². The van der Waals surface area contributed by atoms with Crippen molar-refractivity contribution < 1.29 is 18.3 Å². The lowest BCUT2D eigenvalue weighted by Gasteiger charge is -2.17. The fraction of sp³-hybridized carbons (Fsp3) is 0.400. The van der Waals surface area contributed by atoms with E-state index in [0.29, 0.717) is 5.56 Å². The van der Waals surface area contributed by atoms with Crippen molar-refractivity contribution in [2.75, 3.05) is 0 Å². The first-order chi connectivity index (χ1) is 7.20. The second kappa shape index (κ2) is 4.51. The first-order valence-electron chi connectivity index (χ1n) is 4.52. The summed E-state index contributed by atoms with van der Waals surface area (Å²) in [4.78, 5) is 0. The first kappa shape index (κ1) is 13.1. The minimum atomic E-state index is -4.37. The van der Waals surface area contributed by atoms with Crippen LogP contribution in [0.3, 0.4) is 0 Å². The minimum absolute atomic E-state index is 0.0160. The molecule has 1 rings (SSSR count). The molecule has 6 heteroatoms. The Morgan fingerprint density at radius 1 is 1.44 bits per heavy atom. The number of aryl methyl sites for hydroxylation is 1. The van der Waals surface area contributed by atoms with E-state index in [-0.39, 0.29) is 16.3 Å². The number of hydrogen-bond acceptors (Lipinski definition) is 2. The molecule has 0 aliphatic heterocycles. The van der Waals surface area contributed by atoms with Crippen LogP contribution in [0.4, 0.5) is 13.2 Å². The Hall–Kier alpha value is -0.940. The van der Waals surface area contributed by atoms with Crippen LogP contribution in [0.2, 0.25) is 5.02 Å². The second-order valence-corrected chi connectivity index (χ2v) is 4.02. The quantitative estimate of drug-likeness (QED) is 0.849. The zero-order chi connectivity index (χ0) is 12.5. The molecule has 16 heavy (non-hydrogen) atoms. The number of phenols is 1. The fourth-order valence-electron chi connectivity index (χ4n) is 1.40. The zero-order valence-corrected chi connectivity index (χ0v) is 9.23. The Labute approximate surface area is 95.8 Å². The minimum Gasteiger partial charge on any atom is -0.507 e. The summed E-state index contributed by atoms with van der Waals surface area (Å²) in [5.74, 6) is -0.235. The van der Waals surface area contributed by atoms with Gasteiger partial charge in [-0.1, -0.05) is 11.6 Å². The predicted octanol–water partition coefficient (Wildman–Crippen LogP) is 3.31. The molecular formula is C10H11ClF3NO. The molecule has 1 aromatic carbocycles. The molecule has 0 radical (unpaired) electrons. The summed E-state index contributed by atoms with van der Waals surface area (Å²) in [6, 6.07) is 1.40. The molecule has 0 unspecified atom stereocenters. The van der Waals surface area contributed by atoms with Gasteiger partial charge < -0.3 is 10.8 Å². The van der Waals surface area contributed by atoms with Crippen LogP contribution in [-0.4, -0.2) is 11.3 Å². The van der Waals surface area contributed by atoms with E-state index in [1.165, 1.54) is 12.1 Å². The van der Waals surface area contributed by atoms with Gasteiger partial charge >= 0.3 is 6.18 Å². The molecule has 0 saturated carbocycles. The van der Waals surface area contributed by atoms with Crippen molar-refractivity contribution in [1.82, 2.24) is 0 Å². The lowest BCUT2D eigenvalue weighted by Crippen LogP contribution is -2.20. The molecule has 0 bridgehead atoms. The lowest BCUT2D eigenvalue weighted by molar-refractivity contribution is -0.138. The molecule has 0 aromatic heterocycles. The molecule has 0 fully saturated rings. The Morgan fingerprint density at radius 3 is 2.50 bits per heavy atom. The Kier molecular flexibility index (Phi) is 3.70. The molecule has 1 atom stereocenters. The third kappa shape index (κ3) is 3.28. The second-order valence-electron chi connectivity index (χ2n) is 3.59. The fourth-order valence-corrected chi connectivity index (χ4v) is 1.68. The van der Waals surface area contributed by atoms with Crippen molar-refractivity contribution in [1.29, 1.82) is 0 Å². The zero-order valence-electron chi connectivity index (χ0n) is 8.48. The highest BCUT2D eigenvalue weighted by atomic mass is 35.5. The monoisotopic (exact) mass is 253 g/mol. The molecule has 2 nitrogen and oxygen atoms in total. The highest BCUT2D eigenvalue weighted by Gasteiger charge is 2.32. The average molecular weight is 254 g/mol. The number of halogens is 4. The van der Waals surface area contributed by atoms with Gasteiger partial charge in [0, 0.05) is 16.6 Å². The van der Waals surface area contributed by atoms with E-state index in [9.17, 15) is 18.3 Å². The van der Waals surface area contributed by atoms with Crippen molar-refractivity contribution in [3.63, 3.8) is 0 Å². The average Bonchev–Trinajstić information content (AvgIpc) is 2.08.